The summed E-state index contributed by atoms with van der Waals surface area (Å²) < 4.78 is 14.2. The Hall–Kier alpha value is -3.58. The van der Waals surface area contributed by atoms with Crippen LogP contribution in [0.5, 0.6) is 11.5 Å². The number of methoxy groups -OCH3 is 1. The first-order chi connectivity index (χ1) is 14.8. The Labute approximate surface area is 177 Å². The SMILES string of the molecule is COc1ccccc1[C@@H]1Oc2ccccc2C2=C1[C@H](c1cccs1)n1ncnc1N2. The van der Waals surface area contributed by atoms with Gasteiger partial charge < -0.3 is 14.8 Å². The predicted octanol–water partition coefficient (Wildman–Crippen LogP) is 4.91. The third-order valence-electron chi connectivity index (χ3n) is 5.56. The molecule has 2 aromatic heterocycles. The van der Waals surface area contributed by atoms with Crippen molar-refractivity contribution in [2.45, 2.75) is 12.1 Å². The molecule has 0 fully saturated rings. The highest BCUT2D eigenvalue weighted by atomic mass is 32.1. The third kappa shape index (κ3) is 2.48. The molecule has 2 aliphatic rings. The Morgan fingerprint density at radius 1 is 1.07 bits per heavy atom. The van der Waals surface area contributed by atoms with Crippen molar-refractivity contribution in [3.8, 4) is 11.5 Å². The normalized spacial score (nSPS) is 19.2. The molecule has 2 aromatic carbocycles. The van der Waals surface area contributed by atoms with E-state index in [0.29, 0.717) is 0 Å². The molecule has 0 bridgehead atoms. The molecule has 0 aliphatic carbocycles. The Balaban J connectivity index is 1.65. The number of hydrogen-bond donors (Lipinski definition) is 1. The van der Waals surface area contributed by atoms with Crippen molar-refractivity contribution in [3.05, 3.63) is 93.9 Å². The molecule has 2 aliphatic heterocycles. The highest BCUT2D eigenvalue weighted by Gasteiger charge is 2.42. The Bertz CT molecular complexity index is 1260. The number of para-hydroxylation sites is 2. The smallest absolute Gasteiger partial charge is 0.226 e. The fourth-order valence-electron chi connectivity index (χ4n) is 4.28. The quantitative estimate of drug-likeness (QED) is 0.516. The van der Waals surface area contributed by atoms with Gasteiger partial charge in [-0.2, -0.15) is 10.1 Å². The largest absolute Gasteiger partial charge is 0.496 e. The molecule has 0 saturated heterocycles. The lowest BCUT2D eigenvalue weighted by atomic mass is 9.86. The van der Waals surface area contributed by atoms with Crippen LogP contribution in [0.15, 0.2) is 77.9 Å². The summed E-state index contributed by atoms with van der Waals surface area (Å²) in [4.78, 5) is 5.64. The van der Waals surface area contributed by atoms with E-state index in [-0.39, 0.29) is 12.1 Å². The van der Waals surface area contributed by atoms with Crippen LogP contribution in [0.4, 0.5) is 5.95 Å². The van der Waals surface area contributed by atoms with Gasteiger partial charge in [0.1, 0.15) is 23.9 Å². The van der Waals surface area contributed by atoms with Crippen molar-refractivity contribution < 1.29 is 9.47 Å². The number of thiophene rings is 1. The number of fused-ring (bicyclic) bond motifs is 3. The number of aromatic nitrogens is 3. The average molecular weight is 414 g/mol. The van der Waals surface area contributed by atoms with E-state index in [9.17, 15) is 0 Å². The summed E-state index contributed by atoms with van der Waals surface area (Å²) in [5, 5.41) is 10.1. The van der Waals surface area contributed by atoms with Gasteiger partial charge in [0.05, 0.1) is 12.8 Å². The minimum Gasteiger partial charge on any atom is -0.496 e. The molecule has 148 valence electrons. The molecule has 7 heteroatoms. The van der Waals surface area contributed by atoms with Gasteiger partial charge in [-0.25, -0.2) is 4.68 Å². The average Bonchev–Trinajstić information content (AvgIpc) is 3.49. The molecule has 1 N–H and O–H groups in total. The second kappa shape index (κ2) is 6.74. The van der Waals surface area contributed by atoms with Gasteiger partial charge in [-0.1, -0.05) is 36.4 Å². The number of hydrogen-bond acceptors (Lipinski definition) is 6. The van der Waals surface area contributed by atoms with Crippen LogP contribution >= 0.6 is 11.3 Å². The summed E-state index contributed by atoms with van der Waals surface area (Å²) in [5.41, 5.74) is 4.12. The molecule has 0 spiro atoms. The zero-order chi connectivity index (χ0) is 20.1. The molecule has 6 nitrogen and oxygen atoms in total. The molecule has 4 aromatic rings. The van der Waals surface area contributed by atoms with Crippen LogP contribution in [-0.4, -0.2) is 21.9 Å². The Morgan fingerprint density at radius 2 is 1.93 bits per heavy atom. The minimum absolute atomic E-state index is 0.123. The van der Waals surface area contributed by atoms with Gasteiger partial charge in [0.15, 0.2) is 6.10 Å². The summed E-state index contributed by atoms with van der Waals surface area (Å²) in [7, 11) is 1.69. The maximum absolute atomic E-state index is 6.62. The zero-order valence-corrected chi connectivity index (χ0v) is 17.0. The second-order valence-corrected chi connectivity index (χ2v) is 8.12. The molecule has 0 saturated carbocycles. The summed E-state index contributed by atoms with van der Waals surface area (Å²) in [6, 6.07) is 20.2. The van der Waals surface area contributed by atoms with Gasteiger partial charge in [0, 0.05) is 21.6 Å². The van der Waals surface area contributed by atoms with Crippen LogP contribution < -0.4 is 14.8 Å². The lowest BCUT2D eigenvalue weighted by Crippen LogP contribution is -2.32. The van der Waals surface area contributed by atoms with Crippen molar-refractivity contribution in [2.24, 2.45) is 0 Å². The van der Waals surface area contributed by atoms with Crippen LogP contribution in [-0.2, 0) is 0 Å². The minimum atomic E-state index is -0.331. The van der Waals surface area contributed by atoms with Gasteiger partial charge >= 0.3 is 0 Å². The lowest BCUT2D eigenvalue weighted by molar-refractivity contribution is 0.218. The standard InChI is InChI=1S/C23H18N4O2S/c1-28-16-9-4-3-8-15(16)22-19-20(14-7-2-5-10-17(14)29-22)26-23-24-13-25-27(23)21(19)18-11-6-12-30-18/h2-13,21-22H,1H3,(H,24,25,26)/t21-,22-/m0/s1. The summed E-state index contributed by atoms with van der Waals surface area (Å²) in [5.74, 6) is 2.35. The van der Waals surface area contributed by atoms with E-state index in [1.165, 1.54) is 4.88 Å². The number of rotatable bonds is 3. The fourth-order valence-corrected chi connectivity index (χ4v) is 5.11. The highest BCUT2D eigenvalue weighted by molar-refractivity contribution is 7.10. The van der Waals surface area contributed by atoms with E-state index in [0.717, 1.165) is 39.8 Å². The molecule has 2 atom stereocenters. The first kappa shape index (κ1) is 17.3. The van der Waals surface area contributed by atoms with Crippen molar-refractivity contribution in [2.75, 3.05) is 12.4 Å². The first-order valence-corrected chi connectivity index (χ1v) is 10.6. The van der Waals surface area contributed by atoms with Crippen LogP contribution in [0, 0.1) is 0 Å². The first-order valence-electron chi connectivity index (χ1n) is 9.68. The monoisotopic (exact) mass is 414 g/mol. The molecule has 6 rings (SSSR count). The zero-order valence-electron chi connectivity index (χ0n) is 16.1. The number of nitrogens with zero attached hydrogens (tertiary/aromatic N) is 3. The lowest BCUT2D eigenvalue weighted by Gasteiger charge is -2.38. The molecule has 30 heavy (non-hydrogen) atoms. The van der Waals surface area contributed by atoms with E-state index in [1.54, 1.807) is 24.8 Å². The molecule has 0 radical (unpaired) electrons. The third-order valence-corrected chi connectivity index (χ3v) is 6.48. The topological polar surface area (TPSA) is 61.2 Å². The van der Waals surface area contributed by atoms with Crippen molar-refractivity contribution in [3.63, 3.8) is 0 Å². The van der Waals surface area contributed by atoms with Crippen molar-refractivity contribution >= 4 is 23.0 Å². The van der Waals surface area contributed by atoms with Crippen LogP contribution in [0.2, 0.25) is 0 Å². The van der Waals surface area contributed by atoms with Crippen LogP contribution in [0.3, 0.4) is 0 Å². The number of benzene rings is 2. The maximum atomic E-state index is 6.62. The van der Waals surface area contributed by atoms with E-state index in [1.807, 2.05) is 41.1 Å². The van der Waals surface area contributed by atoms with Gasteiger partial charge in [-0.3, -0.25) is 0 Å². The number of anilines is 1. The van der Waals surface area contributed by atoms with Gasteiger partial charge in [-0.05, 0) is 29.6 Å². The summed E-state index contributed by atoms with van der Waals surface area (Å²) in [6.07, 6.45) is 1.26. The van der Waals surface area contributed by atoms with E-state index >= 15 is 0 Å². The maximum Gasteiger partial charge on any atom is 0.226 e. The van der Waals surface area contributed by atoms with Crippen LogP contribution in [0.25, 0.3) is 5.70 Å². The molecular formula is C23H18N4O2S. The van der Waals surface area contributed by atoms with Crippen LogP contribution in [0.1, 0.15) is 28.1 Å². The van der Waals surface area contributed by atoms with Gasteiger partial charge in [0.25, 0.3) is 0 Å². The fraction of sp³-hybridized carbons (Fsp3) is 0.130. The van der Waals surface area contributed by atoms with E-state index < -0.39 is 0 Å². The van der Waals surface area contributed by atoms with E-state index in [4.69, 9.17) is 9.47 Å². The van der Waals surface area contributed by atoms with Crippen molar-refractivity contribution in [1.82, 2.24) is 14.8 Å². The summed E-state index contributed by atoms with van der Waals surface area (Å²) >= 11 is 1.70. The number of ether oxygens (including phenoxy) is 2. The second-order valence-electron chi connectivity index (χ2n) is 7.14. The molecule has 0 amide bonds. The molecular weight excluding hydrogens is 396 g/mol. The van der Waals surface area contributed by atoms with Crippen molar-refractivity contribution in [1.29, 1.82) is 0 Å². The van der Waals surface area contributed by atoms with E-state index in [2.05, 4.69) is 45.0 Å². The Kier molecular flexibility index (Phi) is 3.89. The predicted molar refractivity (Wildman–Crippen MR) is 116 cm³/mol. The highest BCUT2D eigenvalue weighted by Crippen LogP contribution is 2.52. The van der Waals surface area contributed by atoms with Gasteiger partial charge in [0.2, 0.25) is 5.95 Å². The Morgan fingerprint density at radius 3 is 2.80 bits per heavy atom. The summed E-state index contributed by atoms with van der Waals surface area (Å²) in [6.45, 7) is 0. The number of nitrogens with one attached hydrogen (secondary N) is 1. The molecule has 0 unspecified atom stereocenters. The van der Waals surface area contributed by atoms with Gasteiger partial charge in [-0.15, -0.1) is 11.3 Å². The molecule has 4 heterocycles.